The molecule has 2 N–H and O–H groups in total. The molecule has 0 aliphatic heterocycles. The highest BCUT2D eigenvalue weighted by molar-refractivity contribution is 5.92. The van der Waals surface area contributed by atoms with Crippen molar-refractivity contribution in [2.75, 3.05) is 28.6 Å². The average molecular weight is 412 g/mol. The molecule has 0 unspecified atom stereocenters. The fourth-order valence-corrected chi connectivity index (χ4v) is 3.88. The average Bonchev–Trinajstić information content (AvgIpc) is 2.75. The quantitative estimate of drug-likeness (QED) is 0.360. The molecule has 0 bridgehead atoms. The first kappa shape index (κ1) is 20.7. The van der Waals surface area contributed by atoms with E-state index in [1.54, 1.807) is 0 Å². The lowest BCUT2D eigenvalue weighted by molar-refractivity contribution is 0.866. The van der Waals surface area contributed by atoms with E-state index in [4.69, 9.17) is 9.97 Å². The minimum atomic E-state index is 0.575. The Morgan fingerprint density at radius 1 is 0.742 bits per heavy atom. The molecule has 0 aliphatic carbocycles. The highest BCUT2D eigenvalue weighted by Crippen LogP contribution is 2.28. The molecule has 0 saturated heterocycles. The summed E-state index contributed by atoms with van der Waals surface area (Å²) >= 11 is 0. The van der Waals surface area contributed by atoms with Crippen LogP contribution < -0.4 is 15.5 Å². The molecule has 1 heterocycles. The number of nitrogens with one attached hydrogen (secondary N) is 2. The summed E-state index contributed by atoms with van der Waals surface area (Å²) < 4.78 is 0. The van der Waals surface area contributed by atoms with Gasteiger partial charge in [0.2, 0.25) is 5.95 Å². The normalized spacial score (nSPS) is 10.8. The second kappa shape index (κ2) is 9.04. The van der Waals surface area contributed by atoms with E-state index in [1.165, 1.54) is 16.8 Å². The number of rotatable bonds is 7. The highest BCUT2D eigenvalue weighted by Gasteiger charge is 2.09. The number of anilines is 5. The molecule has 4 rings (SSSR count). The number of hydrogen-bond acceptors (Lipinski definition) is 5. The van der Waals surface area contributed by atoms with Gasteiger partial charge in [0.15, 0.2) is 0 Å². The van der Waals surface area contributed by atoms with Gasteiger partial charge in [-0.2, -0.15) is 4.98 Å². The Balaban J connectivity index is 1.66. The maximum atomic E-state index is 4.80. The summed E-state index contributed by atoms with van der Waals surface area (Å²) in [5.74, 6) is 1.36. The number of aryl methyl sites for hydroxylation is 2. The lowest BCUT2D eigenvalue weighted by Gasteiger charge is -2.21. The molecular weight excluding hydrogens is 382 g/mol. The SMILES string of the molecule is CCN(CC)c1ccc(Nc2nc(Nc3cc(C)cc(C)c3)nc3ccccc23)cc1. The molecule has 0 aliphatic rings. The van der Waals surface area contributed by atoms with E-state index in [2.05, 4.69) is 85.7 Å². The first-order chi connectivity index (χ1) is 15.1. The van der Waals surface area contributed by atoms with Crippen LogP contribution >= 0.6 is 0 Å². The van der Waals surface area contributed by atoms with Crippen molar-refractivity contribution in [1.82, 2.24) is 9.97 Å². The van der Waals surface area contributed by atoms with E-state index in [9.17, 15) is 0 Å². The molecule has 0 saturated carbocycles. The van der Waals surface area contributed by atoms with Crippen LogP contribution in [0.25, 0.3) is 10.9 Å². The summed E-state index contributed by atoms with van der Waals surface area (Å²) in [6.07, 6.45) is 0. The van der Waals surface area contributed by atoms with E-state index in [1.807, 2.05) is 24.3 Å². The van der Waals surface area contributed by atoms with Gasteiger partial charge in [-0.15, -0.1) is 0 Å². The van der Waals surface area contributed by atoms with Gasteiger partial charge in [0.1, 0.15) is 5.82 Å². The van der Waals surface area contributed by atoms with Crippen molar-refractivity contribution in [3.63, 3.8) is 0 Å². The molecule has 5 heteroatoms. The Morgan fingerprint density at radius 3 is 2.10 bits per heavy atom. The number of para-hydroxylation sites is 1. The van der Waals surface area contributed by atoms with Crippen LogP contribution in [-0.4, -0.2) is 23.1 Å². The number of hydrogen-bond donors (Lipinski definition) is 2. The fourth-order valence-electron chi connectivity index (χ4n) is 3.88. The van der Waals surface area contributed by atoms with Crippen molar-refractivity contribution in [3.05, 3.63) is 77.9 Å². The van der Waals surface area contributed by atoms with Crippen molar-refractivity contribution in [3.8, 4) is 0 Å². The van der Waals surface area contributed by atoms with E-state index < -0.39 is 0 Å². The van der Waals surface area contributed by atoms with Gasteiger partial charge in [-0.3, -0.25) is 0 Å². The summed E-state index contributed by atoms with van der Waals surface area (Å²) in [5.41, 5.74) is 6.51. The maximum Gasteiger partial charge on any atom is 0.229 e. The molecule has 0 fully saturated rings. The molecule has 3 aromatic carbocycles. The second-order valence-electron chi connectivity index (χ2n) is 7.76. The predicted octanol–water partition coefficient (Wildman–Crippen LogP) is 6.58. The van der Waals surface area contributed by atoms with Crippen LogP contribution in [0, 0.1) is 13.8 Å². The first-order valence-electron chi connectivity index (χ1n) is 10.8. The van der Waals surface area contributed by atoms with Crippen LogP contribution in [0.3, 0.4) is 0 Å². The Kier molecular flexibility index (Phi) is 6.03. The molecule has 158 valence electrons. The smallest absolute Gasteiger partial charge is 0.229 e. The van der Waals surface area contributed by atoms with Crippen molar-refractivity contribution in [2.24, 2.45) is 0 Å². The van der Waals surface area contributed by atoms with Crippen LogP contribution in [0.1, 0.15) is 25.0 Å². The summed E-state index contributed by atoms with van der Waals surface area (Å²) in [7, 11) is 0. The van der Waals surface area contributed by atoms with Crippen LogP contribution in [0.5, 0.6) is 0 Å². The van der Waals surface area contributed by atoms with E-state index in [0.717, 1.165) is 41.2 Å². The van der Waals surface area contributed by atoms with Crippen molar-refractivity contribution in [2.45, 2.75) is 27.7 Å². The molecule has 5 nitrogen and oxygen atoms in total. The minimum Gasteiger partial charge on any atom is -0.372 e. The summed E-state index contributed by atoms with van der Waals surface area (Å²) in [5, 5.41) is 7.85. The number of nitrogens with zero attached hydrogens (tertiary/aromatic N) is 3. The summed E-state index contributed by atoms with van der Waals surface area (Å²) in [6, 6.07) is 22.9. The third-order valence-corrected chi connectivity index (χ3v) is 5.34. The van der Waals surface area contributed by atoms with Gasteiger partial charge in [-0.25, -0.2) is 4.98 Å². The molecule has 4 aromatic rings. The largest absolute Gasteiger partial charge is 0.372 e. The minimum absolute atomic E-state index is 0.575. The molecule has 0 spiro atoms. The van der Waals surface area contributed by atoms with Gasteiger partial charge < -0.3 is 15.5 Å². The Labute approximate surface area is 184 Å². The second-order valence-corrected chi connectivity index (χ2v) is 7.76. The molecule has 0 radical (unpaired) electrons. The van der Waals surface area contributed by atoms with Gasteiger partial charge in [0.25, 0.3) is 0 Å². The zero-order valence-electron chi connectivity index (χ0n) is 18.6. The van der Waals surface area contributed by atoms with E-state index in [0.29, 0.717) is 5.95 Å². The Morgan fingerprint density at radius 2 is 1.42 bits per heavy atom. The van der Waals surface area contributed by atoms with Gasteiger partial charge in [-0.05, 0) is 87.4 Å². The number of benzene rings is 3. The maximum absolute atomic E-state index is 4.80. The van der Waals surface area contributed by atoms with Crippen LogP contribution in [0.15, 0.2) is 66.7 Å². The zero-order chi connectivity index (χ0) is 21.8. The van der Waals surface area contributed by atoms with E-state index in [-0.39, 0.29) is 0 Å². The predicted molar refractivity (Wildman–Crippen MR) is 132 cm³/mol. The van der Waals surface area contributed by atoms with Crippen molar-refractivity contribution < 1.29 is 0 Å². The molecule has 31 heavy (non-hydrogen) atoms. The van der Waals surface area contributed by atoms with Crippen LogP contribution in [-0.2, 0) is 0 Å². The van der Waals surface area contributed by atoms with Gasteiger partial charge in [0.05, 0.1) is 5.52 Å². The number of fused-ring (bicyclic) bond motifs is 1. The van der Waals surface area contributed by atoms with Crippen LogP contribution in [0.2, 0.25) is 0 Å². The summed E-state index contributed by atoms with van der Waals surface area (Å²) in [4.78, 5) is 11.8. The van der Waals surface area contributed by atoms with Gasteiger partial charge >= 0.3 is 0 Å². The monoisotopic (exact) mass is 411 g/mol. The van der Waals surface area contributed by atoms with Crippen molar-refractivity contribution in [1.29, 1.82) is 0 Å². The molecule has 1 aromatic heterocycles. The lowest BCUT2D eigenvalue weighted by Crippen LogP contribution is -2.21. The highest BCUT2D eigenvalue weighted by atomic mass is 15.1. The zero-order valence-corrected chi connectivity index (χ0v) is 18.6. The van der Waals surface area contributed by atoms with Gasteiger partial charge in [0, 0.05) is 35.5 Å². The molecule has 0 amide bonds. The van der Waals surface area contributed by atoms with Crippen molar-refractivity contribution >= 4 is 39.7 Å². The lowest BCUT2D eigenvalue weighted by atomic mass is 10.1. The Bertz CT molecular complexity index is 1160. The van der Waals surface area contributed by atoms with Crippen LogP contribution in [0.4, 0.5) is 28.8 Å². The fraction of sp³-hybridized carbons (Fsp3) is 0.231. The molecule has 0 atom stereocenters. The first-order valence-corrected chi connectivity index (χ1v) is 10.8. The summed E-state index contributed by atoms with van der Waals surface area (Å²) in [6.45, 7) is 10.5. The number of aromatic nitrogens is 2. The topological polar surface area (TPSA) is 53.1 Å². The van der Waals surface area contributed by atoms with Gasteiger partial charge in [-0.1, -0.05) is 18.2 Å². The third kappa shape index (κ3) is 4.77. The third-order valence-electron chi connectivity index (χ3n) is 5.34. The standard InChI is InChI=1S/C26H29N5/c1-5-31(6-2)22-13-11-20(12-14-22)27-25-23-9-7-8-10-24(23)29-26(30-25)28-21-16-18(3)15-19(4)17-21/h7-17H,5-6H2,1-4H3,(H2,27,28,29,30). The molecular formula is C26H29N5. The Hall–Kier alpha value is -3.60. The van der Waals surface area contributed by atoms with E-state index >= 15 is 0 Å².